The van der Waals surface area contributed by atoms with Crippen LogP contribution in [-0.4, -0.2) is 5.02 Å². The molecule has 0 aromatic heterocycles. The van der Waals surface area contributed by atoms with Crippen molar-refractivity contribution in [3.05, 3.63) is 5.41 Å². The highest BCUT2D eigenvalue weighted by Gasteiger charge is 1.27. The second-order valence-electron chi connectivity index (χ2n) is 0.247. The zero-order valence-electron chi connectivity index (χ0n) is 1.93. The van der Waals surface area contributed by atoms with E-state index in [1.165, 1.54) is 5.41 Å². The molecule has 0 rings (SSSR count). The van der Waals surface area contributed by atoms with Gasteiger partial charge in [0.2, 0.25) is 0 Å². The molecule has 2 heteroatoms. The van der Waals surface area contributed by atoms with Crippen molar-refractivity contribution < 1.29 is 0 Å². The third kappa shape index (κ3) is 2.22. The van der Waals surface area contributed by atoms with Gasteiger partial charge in [-0.05, 0) is 17.2 Å². The molecule has 0 unspecified atom stereocenters. The van der Waals surface area contributed by atoms with E-state index in [9.17, 15) is 0 Å². The summed E-state index contributed by atoms with van der Waals surface area (Å²) in [6.07, 6.45) is 0. The van der Waals surface area contributed by atoms with Gasteiger partial charge in [0, 0.05) is 5.41 Å². The lowest BCUT2D eigenvalue weighted by Crippen LogP contribution is -1.18. The molecule has 0 aromatic carbocycles. The van der Waals surface area contributed by atoms with Crippen LogP contribution in [0.3, 0.4) is 0 Å². The van der Waals surface area contributed by atoms with Crippen molar-refractivity contribution >= 4 is 29.9 Å². The predicted octanol–water partition coefficient (Wildman–Crippen LogP) is 1.03. The van der Waals surface area contributed by atoms with Crippen molar-refractivity contribution in [1.29, 1.82) is 0 Å². The maximum atomic E-state index is 4.17. The van der Waals surface area contributed by atoms with E-state index >= 15 is 0 Å². The van der Waals surface area contributed by atoms with Crippen LogP contribution in [-0.2, 0) is 0 Å². The van der Waals surface area contributed by atoms with Gasteiger partial charge in [-0.3, -0.25) is 0 Å². The molecule has 0 saturated carbocycles. The average Bonchev–Trinajstić information content (AvgIpc) is 1.37. The van der Waals surface area contributed by atoms with Gasteiger partial charge in [0.25, 0.3) is 0 Å². The standard InChI is InChI=1S/C2H2S2/c3-1-2-4/h1,3H. The summed E-state index contributed by atoms with van der Waals surface area (Å²) >= 11 is 7.75. The van der Waals surface area contributed by atoms with Gasteiger partial charge >= 0.3 is 0 Å². The largest absolute Gasteiger partial charge is 0.142 e. The van der Waals surface area contributed by atoms with Crippen LogP contribution in [0.15, 0.2) is 5.41 Å². The van der Waals surface area contributed by atoms with Crippen LogP contribution in [0.1, 0.15) is 0 Å². The van der Waals surface area contributed by atoms with Gasteiger partial charge in [-0.25, -0.2) is 0 Å². The van der Waals surface area contributed by atoms with Crippen molar-refractivity contribution in [3.8, 4) is 0 Å². The summed E-state index contributed by atoms with van der Waals surface area (Å²) in [6, 6.07) is 0. The Labute approximate surface area is 35.9 Å². The third-order valence-corrected chi connectivity index (χ3v) is 0.474. The van der Waals surface area contributed by atoms with Crippen LogP contribution in [0.4, 0.5) is 0 Å². The molecule has 0 heterocycles. The molecule has 0 aliphatic heterocycles. The highest BCUT2D eigenvalue weighted by Crippen LogP contribution is 1.59. The maximum Gasteiger partial charge on any atom is 0.0213 e. The van der Waals surface area contributed by atoms with Crippen LogP contribution >= 0.6 is 24.8 Å². The second kappa shape index (κ2) is 3.22. The third-order valence-electron chi connectivity index (χ3n) is 0.0527. The molecular formula is C2H2S2. The van der Waals surface area contributed by atoms with Crippen molar-refractivity contribution in [3.63, 3.8) is 0 Å². The molecule has 4 heavy (non-hydrogen) atoms. The molecule has 22 valence electrons. The average molecular weight is 90.2 g/mol. The second-order valence-corrected chi connectivity index (χ2v) is 0.741. The fourth-order valence-corrected chi connectivity index (χ4v) is 0. The monoisotopic (exact) mass is 90.0 g/mol. The Bertz CT molecular complexity index is 42.0. The van der Waals surface area contributed by atoms with Crippen molar-refractivity contribution in [2.75, 3.05) is 0 Å². The summed E-state index contributed by atoms with van der Waals surface area (Å²) < 4.78 is 0. The van der Waals surface area contributed by atoms with Crippen LogP contribution in [0.2, 0.25) is 0 Å². The molecule has 0 bridgehead atoms. The highest BCUT2D eigenvalue weighted by atomic mass is 32.1. The van der Waals surface area contributed by atoms with Gasteiger partial charge in [-0.15, -0.1) is 12.6 Å². The van der Waals surface area contributed by atoms with Crippen LogP contribution in [0.25, 0.3) is 0 Å². The molecule has 0 amide bonds. The zero-order valence-corrected chi connectivity index (χ0v) is 3.64. The summed E-state index contributed by atoms with van der Waals surface area (Å²) in [5.74, 6) is 0. The number of hydrogen-bond donors (Lipinski definition) is 1. The number of rotatable bonds is 0. The van der Waals surface area contributed by atoms with E-state index in [0.717, 1.165) is 0 Å². The molecule has 0 nitrogen and oxygen atoms in total. The topological polar surface area (TPSA) is 0 Å². The van der Waals surface area contributed by atoms with Gasteiger partial charge in [-0.1, -0.05) is 0 Å². The molecule has 0 atom stereocenters. The Morgan fingerprint density at radius 3 is 2.25 bits per heavy atom. The lowest BCUT2D eigenvalue weighted by molar-refractivity contribution is 3.03. The number of thiocarbonyl (C=S) groups is 1. The molecule has 0 aliphatic carbocycles. The molecule has 0 N–H and O–H groups in total. The fraction of sp³-hybridized carbons (Fsp3) is 0. The van der Waals surface area contributed by atoms with E-state index in [1.807, 2.05) is 0 Å². The van der Waals surface area contributed by atoms with E-state index in [-0.39, 0.29) is 0 Å². The first-order valence-electron chi connectivity index (χ1n) is 0.751. The van der Waals surface area contributed by atoms with Gasteiger partial charge in [0.1, 0.15) is 0 Å². The van der Waals surface area contributed by atoms with Gasteiger partial charge < -0.3 is 0 Å². The first kappa shape index (κ1) is 4.22. The summed E-state index contributed by atoms with van der Waals surface area (Å²) in [6.45, 7) is 0. The predicted molar refractivity (Wildman–Crippen MR) is 26.2 cm³/mol. The molecule has 0 aromatic rings. The van der Waals surface area contributed by atoms with Gasteiger partial charge in [-0.2, -0.15) is 0 Å². The molecule has 0 fully saturated rings. The Balaban J connectivity index is 3.11. The lowest BCUT2D eigenvalue weighted by Gasteiger charge is -1.35. The SMILES string of the molecule is S=C=CS. The minimum absolute atomic E-state index is 1.38. The van der Waals surface area contributed by atoms with E-state index in [2.05, 4.69) is 29.9 Å². The van der Waals surface area contributed by atoms with Gasteiger partial charge in [0.05, 0.1) is 0 Å². The Morgan fingerprint density at radius 1 is 2.00 bits per heavy atom. The van der Waals surface area contributed by atoms with Crippen molar-refractivity contribution in [2.45, 2.75) is 0 Å². The van der Waals surface area contributed by atoms with Crippen LogP contribution in [0, 0.1) is 0 Å². The molecule has 0 aliphatic rings. The Morgan fingerprint density at radius 2 is 2.25 bits per heavy atom. The minimum atomic E-state index is 1.38. The normalized spacial score (nSPS) is 4.25. The molecule has 0 saturated heterocycles. The lowest BCUT2D eigenvalue weighted by atomic mass is 11.3. The first-order chi connectivity index (χ1) is 1.91. The number of hydrogen-bond acceptors (Lipinski definition) is 2. The smallest absolute Gasteiger partial charge is 0.0213 e. The van der Waals surface area contributed by atoms with Crippen molar-refractivity contribution in [1.82, 2.24) is 0 Å². The van der Waals surface area contributed by atoms with E-state index in [4.69, 9.17) is 0 Å². The summed E-state index contributed by atoms with van der Waals surface area (Å²) in [4.78, 5) is 0. The zero-order chi connectivity index (χ0) is 3.41. The minimum Gasteiger partial charge on any atom is -0.142 e. The Hall–Kier alpha value is 0.220. The fourth-order valence-electron chi connectivity index (χ4n) is 0. The Kier molecular flexibility index (Phi) is 3.40. The quantitative estimate of drug-likeness (QED) is 0.342. The van der Waals surface area contributed by atoms with E-state index < -0.39 is 0 Å². The molecular weight excluding hydrogens is 88.2 g/mol. The molecule has 0 spiro atoms. The highest BCUT2D eigenvalue weighted by molar-refractivity contribution is 7.85. The van der Waals surface area contributed by atoms with E-state index in [0.29, 0.717) is 0 Å². The summed E-state index contributed by atoms with van der Waals surface area (Å²) in [5, 5.41) is 3.64. The molecule has 0 radical (unpaired) electrons. The van der Waals surface area contributed by atoms with E-state index in [1.54, 1.807) is 0 Å². The first-order valence-corrected chi connectivity index (χ1v) is 1.68. The van der Waals surface area contributed by atoms with Gasteiger partial charge in [0.15, 0.2) is 0 Å². The summed E-state index contributed by atoms with van der Waals surface area (Å²) in [5.41, 5.74) is 0. The summed E-state index contributed by atoms with van der Waals surface area (Å²) in [7, 11) is 0. The number of thiol groups is 1. The van der Waals surface area contributed by atoms with Crippen LogP contribution in [0.5, 0.6) is 0 Å². The van der Waals surface area contributed by atoms with Crippen molar-refractivity contribution in [2.24, 2.45) is 0 Å². The maximum absolute atomic E-state index is 4.17. The van der Waals surface area contributed by atoms with Crippen LogP contribution < -0.4 is 0 Å².